The van der Waals surface area contributed by atoms with Crippen molar-refractivity contribution in [1.82, 2.24) is 0 Å². The average molecular weight is 306 g/mol. The molecular weight excluding hydrogens is 290 g/mol. The molecule has 1 unspecified atom stereocenters. The van der Waals surface area contributed by atoms with Gasteiger partial charge in [-0.3, -0.25) is 0 Å². The second kappa shape index (κ2) is 6.24. The van der Waals surface area contributed by atoms with Gasteiger partial charge in [-0.2, -0.15) is 0 Å². The van der Waals surface area contributed by atoms with E-state index in [1.807, 2.05) is 30.3 Å². The number of nitrogens with one attached hydrogen (secondary N) is 1. The normalized spacial score (nSPS) is 14.6. The molecule has 1 atom stereocenters. The van der Waals surface area contributed by atoms with Gasteiger partial charge in [0.2, 0.25) is 0 Å². The van der Waals surface area contributed by atoms with Crippen LogP contribution in [0.25, 0.3) is 0 Å². The minimum atomic E-state index is -0.628. The van der Waals surface area contributed by atoms with Crippen LogP contribution in [-0.4, -0.2) is 24.9 Å². The zero-order valence-corrected chi connectivity index (χ0v) is 12.1. The van der Waals surface area contributed by atoms with Crippen molar-refractivity contribution in [2.75, 3.05) is 25.1 Å². The minimum Gasteiger partial charge on any atom is -0.486 e. The second-order valence-corrected chi connectivity index (χ2v) is 5.24. The van der Waals surface area contributed by atoms with Crippen molar-refractivity contribution >= 4 is 17.3 Å². The average Bonchev–Trinajstić information content (AvgIpc) is 2.53. The Kier molecular flexibility index (Phi) is 4.18. The second-order valence-electron chi connectivity index (χ2n) is 4.81. The van der Waals surface area contributed by atoms with E-state index in [4.69, 9.17) is 21.1 Å². The Balaban J connectivity index is 1.65. The Labute approximate surface area is 128 Å². The summed E-state index contributed by atoms with van der Waals surface area (Å²) in [6, 6.07) is 12.9. The SMILES string of the molecule is OC(CNc1ccc(Cl)cc1)c1ccc2c(c1)OCCO2. The first-order valence-corrected chi connectivity index (χ1v) is 7.17. The van der Waals surface area contributed by atoms with Crippen LogP contribution >= 0.6 is 11.6 Å². The molecule has 0 saturated heterocycles. The summed E-state index contributed by atoms with van der Waals surface area (Å²) >= 11 is 5.83. The number of anilines is 1. The smallest absolute Gasteiger partial charge is 0.161 e. The van der Waals surface area contributed by atoms with Crippen LogP contribution in [0.4, 0.5) is 5.69 Å². The highest BCUT2D eigenvalue weighted by Crippen LogP contribution is 2.32. The van der Waals surface area contributed by atoms with E-state index in [-0.39, 0.29) is 0 Å². The van der Waals surface area contributed by atoms with E-state index in [0.29, 0.717) is 30.5 Å². The first kappa shape index (κ1) is 14.0. The topological polar surface area (TPSA) is 50.7 Å². The predicted molar refractivity (Wildman–Crippen MR) is 82.3 cm³/mol. The van der Waals surface area contributed by atoms with E-state index >= 15 is 0 Å². The maximum Gasteiger partial charge on any atom is 0.161 e. The van der Waals surface area contributed by atoms with Gasteiger partial charge < -0.3 is 19.9 Å². The highest BCUT2D eigenvalue weighted by atomic mass is 35.5. The minimum absolute atomic E-state index is 0.404. The lowest BCUT2D eigenvalue weighted by Crippen LogP contribution is -2.16. The van der Waals surface area contributed by atoms with Gasteiger partial charge >= 0.3 is 0 Å². The van der Waals surface area contributed by atoms with Crippen LogP contribution < -0.4 is 14.8 Å². The lowest BCUT2D eigenvalue weighted by Gasteiger charge is -2.20. The predicted octanol–water partition coefficient (Wildman–Crippen LogP) is 3.26. The van der Waals surface area contributed by atoms with Gasteiger partial charge in [0, 0.05) is 17.3 Å². The van der Waals surface area contributed by atoms with E-state index in [1.54, 1.807) is 12.1 Å². The van der Waals surface area contributed by atoms with Gasteiger partial charge in [0.1, 0.15) is 13.2 Å². The third-order valence-electron chi connectivity index (χ3n) is 3.29. The molecule has 0 aliphatic carbocycles. The molecule has 0 radical (unpaired) electrons. The number of rotatable bonds is 4. The highest BCUT2D eigenvalue weighted by molar-refractivity contribution is 6.30. The largest absolute Gasteiger partial charge is 0.486 e. The summed E-state index contributed by atoms with van der Waals surface area (Å²) in [5, 5.41) is 14.1. The molecule has 1 heterocycles. The molecule has 21 heavy (non-hydrogen) atoms. The van der Waals surface area contributed by atoms with Crippen LogP contribution in [0.3, 0.4) is 0 Å². The van der Waals surface area contributed by atoms with Crippen LogP contribution in [0.15, 0.2) is 42.5 Å². The Morgan fingerprint density at radius 3 is 2.52 bits per heavy atom. The molecular formula is C16H16ClNO3. The van der Waals surface area contributed by atoms with E-state index in [0.717, 1.165) is 17.0 Å². The van der Waals surface area contributed by atoms with Crippen LogP contribution in [0.2, 0.25) is 5.02 Å². The summed E-state index contributed by atoms with van der Waals surface area (Å²) in [6.45, 7) is 1.50. The van der Waals surface area contributed by atoms with Crippen LogP contribution in [0.5, 0.6) is 11.5 Å². The van der Waals surface area contributed by atoms with Gasteiger partial charge in [-0.25, -0.2) is 0 Å². The van der Waals surface area contributed by atoms with Crippen molar-refractivity contribution in [3.05, 3.63) is 53.1 Å². The molecule has 0 aromatic heterocycles. The lowest BCUT2D eigenvalue weighted by molar-refractivity contribution is 0.167. The zero-order chi connectivity index (χ0) is 14.7. The molecule has 0 spiro atoms. The molecule has 1 aliphatic heterocycles. The first-order valence-electron chi connectivity index (χ1n) is 6.79. The number of hydrogen-bond acceptors (Lipinski definition) is 4. The van der Waals surface area contributed by atoms with E-state index in [2.05, 4.69) is 5.32 Å². The maximum atomic E-state index is 10.3. The lowest BCUT2D eigenvalue weighted by atomic mass is 10.1. The molecule has 0 amide bonds. The Morgan fingerprint density at radius 1 is 1.05 bits per heavy atom. The molecule has 1 aliphatic rings. The van der Waals surface area contributed by atoms with Gasteiger partial charge in [0.05, 0.1) is 6.10 Å². The molecule has 4 nitrogen and oxygen atoms in total. The first-order chi connectivity index (χ1) is 10.2. The number of halogens is 1. The third-order valence-corrected chi connectivity index (χ3v) is 3.55. The third kappa shape index (κ3) is 3.40. The van der Waals surface area contributed by atoms with E-state index < -0.39 is 6.10 Å². The number of ether oxygens (including phenoxy) is 2. The summed E-state index contributed by atoms with van der Waals surface area (Å²) in [6.07, 6.45) is -0.628. The number of aliphatic hydroxyl groups excluding tert-OH is 1. The van der Waals surface area contributed by atoms with Gasteiger partial charge in [0.25, 0.3) is 0 Å². The molecule has 2 N–H and O–H groups in total. The number of aliphatic hydroxyl groups is 1. The Hall–Kier alpha value is -1.91. The van der Waals surface area contributed by atoms with Gasteiger partial charge in [-0.05, 0) is 42.0 Å². The molecule has 0 bridgehead atoms. The van der Waals surface area contributed by atoms with Crippen molar-refractivity contribution in [3.8, 4) is 11.5 Å². The monoisotopic (exact) mass is 305 g/mol. The van der Waals surface area contributed by atoms with Gasteiger partial charge in [0.15, 0.2) is 11.5 Å². The summed E-state index contributed by atoms with van der Waals surface area (Å²) in [5.74, 6) is 1.41. The fourth-order valence-electron chi connectivity index (χ4n) is 2.17. The fraction of sp³-hybridized carbons (Fsp3) is 0.250. The highest BCUT2D eigenvalue weighted by Gasteiger charge is 2.15. The van der Waals surface area contributed by atoms with Crippen molar-refractivity contribution in [1.29, 1.82) is 0 Å². The Bertz CT molecular complexity index is 615. The number of benzene rings is 2. The van der Waals surface area contributed by atoms with E-state index in [1.165, 1.54) is 0 Å². The summed E-state index contributed by atoms with van der Waals surface area (Å²) in [5.41, 5.74) is 1.71. The van der Waals surface area contributed by atoms with Crippen LogP contribution in [-0.2, 0) is 0 Å². The van der Waals surface area contributed by atoms with Gasteiger partial charge in [-0.1, -0.05) is 17.7 Å². The molecule has 5 heteroatoms. The van der Waals surface area contributed by atoms with E-state index in [9.17, 15) is 5.11 Å². The maximum absolute atomic E-state index is 10.3. The molecule has 0 fully saturated rings. The molecule has 0 saturated carbocycles. The molecule has 2 aromatic rings. The van der Waals surface area contributed by atoms with Crippen molar-refractivity contribution in [3.63, 3.8) is 0 Å². The van der Waals surface area contributed by atoms with Crippen LogP contribution in [0, 0.1) is 0 Å². The quantitative estimate of drug-likeness (QED) is 0.910. The standard InChI is InChI=1S/C16H16ClNO3/c17-12-2-4-13(5-3-12)18-10-14(19)11-1-6-15-16(9-11)21-8-7-20-15/h1-6,9,14,18-19H,7-8,10H2. The number of fused-ring (bicyclic) bond motifs is 1. The molecule has 2 aromatic carbocycles. The fourth-order valence-corrected chi connectivity index (χ4v) is 2.29. The zero-order valence-electron chi connectivity index (χ0n) is 11.4. The number of hydrogen-bond donors (Lipinski definition) is 2. The van der Waals surface area contributed by atoms with Crippen molar-refractivity contribution in [2.45, 2.75) is 6.10 Å². The molecule has 110 valence electrons. The van der Waals surface area contributed by atoms with Crippen molar-refractivity contribution < 1.29 is 14.6 Å². The summed E-state index contributed by atoms with van der Waals surface area (Å²) in [7, 11) is 0. The Morgan fingerprint density at radius 2 is 1.76 bits per heavy atom. The van der Waals surface area contributed by atoms with Gasteiger partial charge in [-0.15, -0.1) is 0 Å². The molecule has 3 rings (SSSR count). The van der Waals surface area contributed by atoms with Crippen molar-refractivity contribution in [2.24, 2.45) is 0 Å². The summed E-state index contributed by atoms with van der Waals surface area (Å²) < 4.78 is 11.0. The summed E-state index contributed by atoms with van der Waals surface area (Å²) in [4.78, 5) is 0. The van der Waals surface area contributed by atoms with Crippen LogP contribution in [0.1, 0.15) is 11.7 Å².